The van der Waals surface area contributed by atoms with Gasteiger partial charge in [0, 0.05) is 36.9 Å². The number of fused-ring (bicyclic) bond motifs is 1. The largest absolute Gasteiger partial charge is 0.365 e. The van der Waals surface area contributed by atoms with Crippen LogP contribution in [0.5, 0.6) is 0 Å². The van der Waals surface area contributed by atoms with Gasteiger partial charge >= 0.3 is 0 Å². The zero-order valence-electron chi connectivity index (χ0n) is 17.4. The average molecular weight is 459 g/mol. The van der Waals surface area contributed by atoms with E-state index in [0.29, 0.717) is 28.8 Å². The number of rotatable bonds is 6. The molecule has 4 aromatic rings. The highest BCUT2D eigenvalue weighted by molar-refractivity contribution is 7.21. The fraction of sp³-hybridized carbons (Fsp3) is 0.250. The van der Waals surface area contributed by atoms with Crippen molar-refractivity contribution in [1.29, 1.82) is 0 Å². The Balaban J connectivity index is 1.96. The average Bonchev–Trinajstić information content (AvgIpc) is 3.44. The predicted octanol–water partition coefficient (Wildman–Crippen LogP) is 3.51. The number of aryl methyl sites for hydroxylation is 3. The molecule has 0 bridgehead atoms. The van der Waals surface area contributed by atoms with Crippen LogP contribution in [0, 0.1) is 6.92 Å². The van der Waals surface area contributed by atoms with E-state index in [1.165, 1.54) is 12.3 Å². The molecule has 0 radical (unpaired) electrons. The number of alkyl halides is 2. The lowest BCUT2D eigenvalue weighted by Gasteiger charge is -2.10. The monoisotopic (exact) mass is 459 g/mol. The number of carbonyl (C=O) groups excluding carboxylic acids is 2. The molecule has 9 nitrogen and oxygen atoms in total. The first-order chi connectivity index (χ1) is 15.2. The quantitative estimate of drug-likeness (QED) is 0.457. The summed E-state index contributed by atoms with van der Waals surface area (Å²) >= 11 is 0.850. The molecule has 4 rings (SSSR count). The van der Waals surface area contributed by atoms with Gasteiger partial charge in [-0.2, -0.15) is 10.2 Å². The first-order valence-electron chi connectivity index (χ1n) is 9.59. The molecule has 12 heteroatoms. The molecule has 166 valence electrons. The van der Waals surface area contributed by atoms with Crippen LogP contribution in [0.1, 0.15) is 44.8 Å². The van der Waals surface area contributed by atoms with E-state index in [1.54, 1.807) is 35.7 Å². The Morgan fingerprint density at radius 2 is 2.03 bits per heavy atom. The Kier molecular flexibility index (Phi) is 5.46. The van der Waals surface area contributed by atoms with Gasteiger partial charge in [-0.25, -0.2) is 13.8 Å². The van der Waals surface area contributed by atoms with E-state index in [4.69, 9.17) is 5.73 Å². The van der Waals surface area contributed by atoms with Crippen molar-refractivity contribution in [1.82, 2.24) is 24.5 Å². The summed E-state index contributed by atoms with van der Waals surface area (Å²) in [5, 5.41) is 11.4. The Hall–Kier alpha value is -3.67. The van der Waals surface area contributed by atoms with Crippen molar-refractivity contribution >= 4 is 39.1 Å². The third-order valence-corrected chi connectivity index (χ3v) is 5.99. The van der Waals surface area contributed by atoms with Crippen LogP contribution in [0.3, 0.4) is 0 Å². The van der Waals surface area contributed by atoms with Gasteiger partial charge in [-0.1, -0.05) is 0 Å². The van der Waals surface area contributed by atoms with Crippen molar-refractivity contribution < 1.29 is 18.4 Å². The minimum absolute atomic E-state index is 0.0120. The summed E-state index contributed by atoms with van der Waals surface area (Å²) in [6.07, 6.45) is 1.81. The fourth-order valence-corrected chi connectivity index (χ4v) is 4.45. The van der Waals surface area contributed by atoms with Gasteiger partial charge in [0.05, 0.1) is 23.1 Å². The molecule has 3 N–H and O–H groups in total. The van der Waals surface area contributed by atoms with Crippen LogP contribution < -0.4 is 11.1 Å². The number of anilines is 1. The maximum atomic E-state index is 13.6. The van der Waals surface area contributed by atoms with E-state index in [0.717, 1.165) is 11.3 Å². The number of thiophene rings is 1. The molecule has 2 amide bonds. The molecule has 0 unspecified atom stereocenters. The molecule has 0 saturated carbocycles. The third kappa shape index (κ3) is 3.73. The number of halogens is 2. The molecule has 4 aromatic heterocycles. The lowest BCUT2D eigenvalue weighted by molar-refractivity contribution is 0.100. The topological polar surface area (TPSA) is 121 Å². The summed E-state index contributed by atoms with van der Waals surface area (Å²) in [5.74, 6) is -1.32. The summed E-state index contributed by atoms with van der Waals surface area (Å²) in [6, 6.07) is 1.25. The molecule has 32 heavy (non-hydrogen) atoms. The number of amides is 2. The summed E-state index contributed by atoms with van der Waals surface area (Å²) < 4.78 is 30.3. The number of carbonyl (C=O) groups is 2. The normalized spacial score (nSPS) is 11.4. The molecule has 0 aliphatic heterocycles. The lowest BCUT2D eigenvalue weighted by atomic mass is 10.0. The molecule has 0 aliphatic rings. The number of hydrogen-bond donors (Lipinski definition) is 2. The summed E-state index contributed by atoms with van der Waals surface area (Å²) in [7, 11) is 1.71. The maximum Gasteiger partial charge on any atom is 0.280 e. The number of pyridine rings is 1. The van der Waals surface area contributed by atoms with Crippen molar-refractivity contribution in [2.45, 2.75) is 26.8 Å². The van der Waals surface area contributed by atoms with Gasteiger partial charge in [-0.3, -0.25) is 19.0 Å². The maximum absolute atomic E-state index is 13.6. The molecule has 4 heterocycles. The van der Waals surface area contributed by atoms with Crippen molar-refractivity contribution in [2.24, 2.45) is 12.8 Å². The minimum atomic E-state index is -2.83. The Morgan fingerprint density at radius 3 is 2.59 bits per heavy atom. The highest BCUT2D eigenvalue weighted by Gasteiger charge is 2.26. The molecule has 0 aromatic carbocycles. The fourth-order valence-electron chi connectivity index (χ4n) is 3.44. The third-order valence-electron chi connectivity index (χ3n) is 4.89. The van der Waals surface area contributed by atoms with Crippen LogP contribution >= 0.6 is 11.3 Å². The second-order valence-corrected chi connectivity index (χ2v) is 8.09. The van der Waals surface area contributed by atoms with E-state index in [-0.39, 0.29) is 21.0 Å². The summed E-state index contributed by atoms with van der Waals surface area (Å²) in [4.78, 5) is 29.3. The van der Waals surface area contributed by atoms with E-state index >= 15 is 0 Å². The summed E-state index contributed by atoms with van der Waals surface area (Å²) in [6.45, 7) is 4.19. The highest BCUT2D eigenvalue weighted by atomic mass is 32.1. The van der Waals surface area contributed by atoms with E-state index in [2.05, 4.69) is 20.5 Å². The number of nitrogens with zero attached hydrogens (tertiary/aromatic N) is 5. The summed E-state index contributed by atoms with van der Waals surface area (Å²) in [5.41, 5.74) is 7.04. The molecule has 0 spiro atoms. The minimum Gasteiger partial charge on any atom is -0.365 e. The van der Waals surface area contributed by atoms with Gasteiger partial charge < -0.3 is 11.1 Å². The second-order valence-electron chi connectivity index (χ2n) is 7.09. The first-order valence-corrected chi connectivity index (χ1v) is 10.4. The van der Waals surface area contributed by atoms with Gasteiger partial charge in [0.15, 0.2) is 0 Å². The number of aromatic nitrogens is 5. The standard InChI is InChI=1S/C20H19F2N7O2S/c1-4-29-7-10(6-24-29)19(31)26-15-14-11(12-8-28(3)27-9(12)2)5-13(17(21)22)25-20(14)32-16(15)18(23)30/h5-8,17H,4H2,1-3H3,(H2,23,30)(H,26,31). The Bertz CT molecular complexity index is 1360. The molecular weight excluding hydrogens is 440 g/mol. The van der Waals surface area contributed by atoms with Crippen LogP contribution in [0.2, 0.25) is 0 Å². The van der Waals surface area contributed by atoms with Gasteiger partial charge in [0.1, 0.15) is 15.4 Å². The Labute approximate surface area is 184 Å². The van der Waals surface area contributed by atoms with Crippen molar-refractivity contribution in [2.75, 3.05) is 5.32 Å². The second kappa shape index (κ2) is 8.11. The molecule has 0 atom stereocenters. The SMILES string of the molecule is CCn1cc(C(=O)Nc2c(C(N)=O)sc3nc(C(F)F)cc(-c4cn(C)nc4C)c23)cn1. The Morgan fingerprint density at radius 1 is 1.28 bits per heavy atom. The van der Waals surface area contributed by atoms with Crippen LogP contribution in [0.15, 0.2) is 24.7 Å². The van der Waals surface area contributed by atoms with E-state index < -0.39 is 23.9 Å². The number of nitrogens with one attached hydrogen (secondary N) is 1. The first kappa shape index (κ1) is 21.6. The van der Waals surface area contributed by atoms with Crippen molar-refractivity contribution in [3.63, 3.8) is 0 Å². The molecule has 0 fully saturated rings. The number of hydrogen-bond acceptors (Lipinski definition) is 6. The van der Waals surface area contributed by atoms with Crippen LogP contribution in [0.4, 0.5) is 14.5 Å². The van der Waals surface area contributed by atoms with Gasteiger partial charge in [0.2, 0.25) is 0 Å². The van der Waals surface area contributed by atoms with Crippen LogP contribution in [-0.4, -0.2) is 36.4 Å². The molecule has 0 aliphatic carbocycles. The number of nitrogens with two attached hydrogens (primary N) is 1. The van der Waals surface area contributed by atoms with E-state index in [1.807, 2.05) is 6.92 Å². The van der Waals surface area contributed by atoms with Gasteiger partial charge in [-0.15, -0.1) is 11.3 Å². The van der Waals surface area contributed by atoms with Crippen molar-refractivity contribution in [3.8, 4) is 11.1 Å². The van der Waals surface area contributed by atoms with Crippen LogP contribution in [-0.2, 0) is 13.6 Å². The zero-order chi connectivity index (χ0) is 23.2. The zero-order valence-corrected chi connectivity index (χ0v) is 18.2. The number of primary amides is 1. The smallest absolute Gasteiger partial charge is 0.280 e. The molecular formula is C20H19F2N7O2S. The van der Waals surface area contributed by atoms with E-state index in [9.17, 15) is 18.4 Å². The van der Waals surface area contributed by atoms with Gasteiger partial charge in [0.25, 0.3) is 18.2 Å². The highest BCUT2D eigenvalue weighted by Crippen LogP contribution is 2.43. The van der Waals surface area contributed by atoms with Gasteiger partial charge in [-0.05, 0) is 25.5 Å². The lowest BCUT2D eigenvalue weighted by Crippen LogP contribution is -2.16. The van der Waals surface area contributed by atoms with Crippen molar-refractivity contribution in [3.05, 3.63) is 46.5 Å². The molecule has 0 saturated heterocycles. The predicted molar refractivity (Wildman–Crippen MR) is 116 cm³/mol. The van der Waals surface area contributed by atoms with Crippen LogP contribution in [0.25, 0.3) is 21.3 Å².